The third-order valence-electron chi connectivity index (χ3n) is 2.71. The van der Waals surface area contributed by atoms with Gasteiger partial charge in [0.05, 0.1) is 4.90 Å². The number of thiophene rings is 1. The minimum absolute atomic E-state index is 0.212. The molecule has 2 aromatic heterocycles. The Morgan fingerprint density at radius 2 is 2.19 bits per heavy atom. The maximum absolute atomic E-state index is 12.3. The summed E-state index contributed by atoms with van der Waals surface area (Å²) in [5, 5.41) is 4.99. The molecule has 21 heavy (non-hydrogen) atoms. The average Bonchev–Trinajstić information content (AvgIpc) is 2.89. The number of hydrogen-bond donors (Lipinski definition) is 2. The highest BCUT2D eigenvalue weighted by Crippen LogP contribution is 2.23. The van der Waals surface area contributed by atoms with Gasteiger partial charge < -0.3 is 5.32 Å². The maximum Gasteiger partial charge on any atom is 0.241 e. The number of pyridine rings is 1. The molecule has 0 bridgehead atoms. The molecule has 0 fully saturated rings. The van der Waals surface area contributed by atoms with E-state index in [1.165, 1.54) is 23.6 Å². The molecule has 0 saturated heterocycles. The summed E-state index contributed by atoms with van der Waals surface area (Å²) < 4.78 is 28.1. The molecule has 0 radical (unpaired) electrons. The van der Waals surface area contributed by atoms with Gasteiger partial charge in [0.1, 0.15) is 5.82 Å². The number of hydrogen-bond acceptors (Lipinski definition) is 5. The summed E-state index contributed by atoms with van der Waals surface area (Å²) in [7, 11) is -3.54. The highest BCUT2D eigenvalue weighted by Gasteiger charge is 2.15. The molecular formula is C13H16BrN3O2S2. The van der Waals surface area contributed by atoms with Gasteiger partial charge in [-0.2, -0.15) is 0 Å². The third kappa shape index (κ3) is 4.50. The van der Waals surface area contributed by atoms with Crippen LogP contribution in [0.15, 0.2) is 39.1 Å². The highest BCUT2D eigenvalue weighted by molar-refractivity contribution is 9.10. The largest absolute Gasteiger partial charge is 0.370 e. The van der Waals surface area contributed by atoms with Crippen molar-refractivity contribution in [2.24, 2.45) is 0 Å². The number of anilines is 1. The predicted octanol–water partition coefficient (Wildman–Crippen LogP) is 3.21. The second kappa shape index (κ2) is 7.35. The van der Waals surface area contributed by atoms with Crippen molar-refractivity contribution in [1.29, 1.82) is 0 Å². The molecular weight excluding hydrogens is 374 g/mol. The first-order valence-electron chi connectivity index (χ1n) is 6.44. The van der Waals surface area contributed by atoms with Crippen LogP contribution in [0, 0.1) is 0 Å². The number of sulfonamides is 1. The molecule has 0 atom stereocenters. The Morgan fingerprint density at radius 1 is 1.38 bits per heavy atom. The second-order valence-electron chi connectivity index (χ2n) is 4.32. The molecule has 114 valence electrons. The molecule has 8 heteroatoms. The summed E-state index contributed by atoms with van der Waals surface area (Å²) in [4.78, 5) is 5.26. The normalized spacial score (nSPS) is 11.5. The number of aromatic nitrogens is 1. The molecule has 2 aromatic rings. The molecule has 2 heterocycles. The van der Waals surface area contributed by atoms with E-state index in [0.29, 0.717) is 5.82 Å². The smallest absolute Gasteiger partial charge is 0.241 e. The number of nitrogens with zero attached hydrogens (tertiary/aromatic N) is 1. The van der Waals surface area contributed by atoms with E-state index in [1.807, 2.05) is 18.4 Å². The van der Waals surface area contributed by atoms with Crippen LogP contribution in [-0.4, -0.2) is 19.9 Å². The van der Waals surface area contributed by atoms with E-state index in [4.69, 9.17) is 0 Å². The Balaban J connectivity index is 2.10. The van der Waals surface area contributed by atoms with E-state index in [1.54, 1.807) is 6.07 Å². The van der Waals surface area contributed by atoms with E-state index in [9.17, 15) is 8.42 Å². The van der Waals surface area contributed by atoms with Crippen molar-refractivity contribution >= 4 is 43.1 Å². The fourth-order valence-electron chi connectivity index (χ4n) is 1.62. The number of halogens is 1. The van der Waals surface area contributed by atoms with E-state index < -0.39 is 10.0 Å². The van der Waals surface area contributed by atoms with E-state index in [2.05, 4.69) is 31.0 Å². The molecule has 2 rings (SSSR count). The van der Waals surface area contributed by atoms with Gasteiger partial charge in [-0.15, -0.1) is 11.3 Å². The lowest BCUT2D eigenvalue weighted by Gasteiger charge is -2.08. The zero-order chi connectivity index (χ0) is 15.3. The molecule has 0 amide bonds. The summed E-state index contributed by atoms with van der Waals surface area (Å²) in [5.74, 6) is 0.567. The SMILES string of the molecule is CCCNc1cc(S(=O)(=O)NCc2sccc2Br)ccn1. The van der Waals surface area contributed by atoms with Crippen LogP contribution in [0.25, 0.3) is 0 Å². The van der Waals surface area contributed by atoms with Gasteiger partial charge in [-0.05, 0) is 39.9 Å². The van der Waals surface area contributed by atoms with Crippen LogP contribution in [0.2, 0.25) is 0 Å². The predicted molar refractivity (Wildman–Crippen MR) is 89.1 cm³/mol. The first-order chi connectivity index (χ1) is 10.0. The van der Waals surface area contributed by atoms with Gasteiger partial charge in [0, 0.05) is 34.7 Å². The van der Waals surface area contributed by atoms with Gasteiger partial charge in [-0.1, -0.05) is 6.92 Å². The lowest BCUT2D eigenvalue weighted by Crippen LogP contribution is -2.23. The quantitative estimate of drug-likeness (QED) is 0.762. The summed E-state index contributed by atoms with van der Waals surface area (Å²) in [6, 6.07) is 4.93. The minimum Gasteiger partial charge on any atom is -0.370 e. The van der Waals surface area contributed by atoms with Crippen LogP contribution in [0.1, 0.15) is 18.2 Å². The monoisotopic (exact) mass is 389 g/mol. The zero-order valence-electron chi connectivity index (χ0n) is 11.5. The molecule has 5 nitrogen and oxygen atoms in total. The number of rotatable bonds is 7. The summed E-state index contributed by atoms with van der Waals surface area (Å²) >= 11 is 4.89. The fraction of sp³-hybridized carbons (Fsp3) is 0.308. The van der Waals surface area contributed by atoms with Crippen molar-refractivity contribution < 1.29 is 8.42 Å². The summed E-state index contributed by atoms with van der Waals surface area (Å²) in [5.41, 5.74) is 0. The van der Waals surface area contributed by atoms with Gasteiger partial charge in [-0.3, -0.25) is 0 Å². The first kappa shape index (κ1) is 16.4. The van der Waals surface area contributed by atoms with Crippen LogP contribution in [-0.2, 0) is 16.6 Å². The Morgan fingerprint density at radius 3 is 2.86 bits per heavy atom. The van der Waals surface area contributed by atoms with Gasteiger partial charge in [0.25, 0.3) is 0 Å². The van der Waals surface area contributed by atoms with Gasteiger partial charge in [0.2, 0.25) is 10.0 Å². The Kier molecular flexibility index (Phi) is 5.74. The van der Waals surface area contributed by atoms with Crippen molar-refractivity contribution in [3.63, 3.8) is 0 Å². The van der Waals surface area contributed by atoms with Gasteiger partial charge >= 0.3 is 0 Å². The standard InChI is InChI=1S/C13H16BrN3O2S2/c1-2-5-15-13-8-10(3-6-16-13)21(18,19)17-9-12-11(14)4-7-20-12/h3-4,6-8,17H,2,5,9H2,1H3,(H,15,16). The lowest BCUT2D eigenvalue weighted by molar-refractivity contribution is 0.581. The van der Waals surface area contributed by atoms with Crippen LogP contribution >= 0.6 is 27.3 Å². The molecule has 0 aromatic carbocycles. The molecule has 0 aliphatic rings. The van der Waals surface area contributed by atoms with Gasteiger partial charge in [0.15, 0.2) is 0 Å². The lowest BCUT2D eigenvalue weighted by atomic mass is 10.4. The van der Waals surface area contributed by atoms with Crippen molar-refractivity contribution in [2.75, 3.05) is 11.9 Å². The first-order valence-corrected chi connectivity index (χ1v) is 9.60. The Bertz CT molecular complexity index is 701. The fourth-order valence-corrected chi connectivity index (χ4v) is 4.15. The van der Waals surface area contributed by atoms with Crippen LogP contribution < -0.4 is 10.0 Å². The highest BCUT2D eigenvalue weighted by atomic mass is 79.9. The van der Waals surface area contributed by atoms with E-state index >= 15 is 0 Å². The molecule has 0 spiro atoms. The Labute approximate surface area is 137 Å². The van der Waals surface area contributed by atoms with Crippen LogP contribution in [0.3, 0.4) is 0 Å². The minimum atomic E-state index is -3.54. The summed E-state index contributed by atoms with van der Waals surface area (Å²) in [6.45, 7) is 3.06. The molecule has 0 saturated carbocycles. The van der Waals surface area contributed by atoms with Crippen LogP contribution in [0.4, 0.5) is 5.82 Å². The van der Waals surface area contributed by atoms with Crippen molar-refractivity contribution in [1.82, 2.24) is 9.71 Å². The molecule has 0 aliphatic carbocycles. The Hall–Kier alpha value is -0.960. The number of nitrogens with one attached hydrogen (secondary N) is 2. The molecule has 2 N–H and O–H groups in total. The average molecular weight is 390 g/mol. The van der Waals surface area contributed by atoms with E-state index in [0.717, 1.165) is 22.3 Å². The maximum atomic E-state index is 12.3. The second-order valence-corrected chi connectivity index (χ2v) is 7.94. The van der Waals surface area contributed by atoms with Crippen molar-refractivity contribution in [3.8, 4) is 0 Å². The molecule has 0 unspecified atom stereocenters. The van der Waals surface area contributed by atoms with Crippen LogP contribution in [0.5, 0.6) is 0 Å². The van der Waals surface area contributed by atoms with Crippen molar-refractivity contribution in [2.45, 2.75) is 24.8 Å². The summed E-state index contributed by atoms with van der Waals surface area (Å²) in [6.07, 6.45) is 2.44. The molecule has 0 aliphatic heterocycles. The van der Waals surface area contributed by atoms with Crippen molar-refractivity contribution in [3.05, 3.63) is 39.1 Å². The van der Waals surface area contributed by atoms with E-state index in [-0.39, 0.29) is 11.4 Å². The third-order valence-corrected chi connectivity index (χ3v) is 6.04. The zero-order valence-corrected chi connectivity index (χ0v) is 14.7. The topological polar surface area (TPSA) is 71.1 Å². The van der Waals surface area contributed by atoms with Gasteiger partial charge in [-0.25, -0.2) is 18.1 Å².